The largest absolute Gasteiger partial charge is 0.343 e. The Bertz CT molecular complexity index is 2720. The molecule has 4 aliphatic rings. The second-order valence-corrected chi connectivity index (χ2v) is 22.9. The van der Waals surface area contributed by atoms with Gasteiger partial charge < -0.3 is 41.7 Å². The lowest BCUT2D eigenvalue weighted by Gasteiger charge is -2.36. The maximum atomic E-state index is 14.3. The minimum atomic E-state index is -0.676. The van der Waals surface area contributed by atoms with Crippen molar-refractivity contribution in [2.75, 3.05) is 14.1 Å². The maximum absolute atomic E-state index is 14.3. The van der Waals surface area contributed by atoms with E-state index in [1.807, 2.05) is 82.4 Å². The minimum absolute atomic E-state index is 0.0483. The van der Waals surface area contributed by atoms with Crippen LogP contribution in [0.5, 0.6) is 0 Å². The topological polar surface area (TPSA) is 242 Å². The number of benzene rings is 3. The number of hydrogen-bond acceptors (Lipinski definition) is 12. The van der Waals surface area contributed by atoms with E-state index >= 15 is 0 Å². The summed E-state index contributed by atoms with van der Waals surface area (Å²) in [5.74, 6) is -1.31. The number of aryl methyl sites for hydroxylation is 4. The van der Waals surface area contributed by atoms with E-state index in [4.69, 9.17) is 0 Å². The van der Waals surface area contributed by atoms with Gasteiger partial charge in [-0.05, 0) is 140 Å². The molecule has 4 saturated heterocycles. The number of rotatable bonds is 24. The molecule has 438 valence electrons. The zero-order chi connectivity index (χ0) is 57.5. The highest BCUT2D eigenvalue weighted by atomic mass is 16.2. The van der Waals surface area contributed by atoms with Crippen LogP contribution in [0.3, 0.4) is 0 Å². The number of amides is 6. The molecule has 6 heterocycles. The fourth-order valence-electron chi connectivity index (χ4n) is 12.3. The summed E-state index contributed by atoms with van der Waals surface area (Å²) >= 11 is 0. The molecule has 0 spiro atoms. The number of likely N-dealkylation sites (N-methyl/N-ethyl adjacent to an activating group) is 2. The lowest BCUT2D eigenvalue weighted by Crippen LogP contribution is -2.58. The average Bonchev–Trinajstić information content (AvgIpc) is 4.39. The molecular weight excluding hydrogens is 1040 g/mol. The van der Waals surface area contributed by atoms with Crippen molar-refractivity contribution in [3.63, 3.8) is 0 Å². The van der Waals surface area contributed by atoms with Gasteiger partial charge in [0.25, 0.3) is 0 Å². The van der Waals surface area contributed by atoms with Gasteiger partial charge in [-0.1, -0.05) is 121 Å². The summed E-state index contributed by atoms with van der Waals surface area (Å²) in [4.78, 5) is 86.0. The van der Waals surface area contributed by atoms with E-state index < -0.39 is 48.3 Å². The van der Waals surface area contributed by atoms with E-state index in [9.17, 15) is 28.8 Å². The normalized spacial score (nSPS) is 22.5. The highest BCUT2D eigenvalue weighted by Crippen LogP contribution is 2.34. The summed E-state index contributed by atoms with van der Waals surface area (Å²) in [6.07, 6.45) is 18.2. The first-order valence-electron chi connectivity index (χ1n) is 30.1. The summed E-state index contributed by atoms with van der Waals surface area (Å²) in [6.45, 7) is 4.86. The van der Waals surface area contributed by atoms with Crippen molar-refractivity contribution in [3.05, 3.63) is 131 Å². The molecule has 8 unspecified atom stereocenters. The zero-order valence-corrected chi connectivity index (χ0v) is 48.2. The summed E-state index contributed by atoms with van der Waals surface area (Å²) in [7, 11) is 3.43. The first-order valence-corrected chi connectivity index (χ1v) is 30.1. The molecule has 20 nitrogen and oxygen atoms in total. The Labute approximate surface area is 482 Å². The monoisotopic (exact) mass is 1120 g/mol. The van der Waals surface area contributed by atoms with Crippen molar-refractivity contribution in [2.24, 2.45) is 0 Å². The Morgan fingerprint density at radius 1 is 0.512 bits per heavy atom. The second-order valence-electron chi connectivity index (χ2n) is 22.9. The predicted octanol–water partition coefficient (Wildman–Crippen LogP) is 5.38. The molecule has 4 fully saturated rings. The Hall–Kier alpha value is -7.32. The molecule has 0 radical (unpaired) electrons. The van der Waals surface area contributed by atoms with Crippen LogP contribution in [0.2, 0.25) is 0 Å². The molecule has 5 aromatic rings. The van der Waals surface area contributed by atoms with E-state index in [2.05, 4.69) is 76.8 Å². The van der Waals surface area contributed by atoms with Gasteiger partial charge in [0.1, 0.15) is 35.6 Å². The van der Waals surface area contributed by atoms with Crippen molar-refractivity contribution < 1.29 is 28.8 Å². The van der Waals surface area contributed by atoms with Crippen LogP contribution < -0.4 is 31.9 Å². The summed E-state index contributed by atoms with van der Waals surface area (Å²) in [5, 5.41) is 36.4. The van der Waals surface area contributed by atoms with Crippen LogP contribution in [0.1, 0.15) is 162 Å². The maximum Gasteiger partial charge on any atom is 0.246 e. The first kappa shape index (κ1) is 59.3. The summed E-state index contributed by atoms with van der Waals surface area (Å²) in [5.41, 5.74) is 5.53. The highest BCUT2D eigenvalue weighted by Gasteiger charge is 2.46. The third-order valence-corrected chi connectivity index (χ3v) is 17.3. The van der Waals surface area contributed by atoms with Crippen LogP contribution in [-0.2, 0) is 54.7 Å². The number of fused-ring (bicyclic) bond motifs is 2. The Balaban J connectivity index is 0.734. The van der Waals surface area contributed by atoms with E-state index in [1.165, 1.54) is 11.1 Å². The van der Waals surface area contributed by atoms with E-state index in [0.717, 1.165) is 101 Å². The van der Waals surface area contributed by atoms with E-state index in [1.54, 1.807) is 37.7 Å². The van der Waals surface area contributed by atoms with Gasteiger partial charge in [0, 0.05) is 25.2 Å². The second kappa shape index (κ2) is 28.6. The fourth-order valence-corrected chi connectivity index (χ4v) is 12.3. The van der Waals surface area contributed by atoms with Gasteiger partial charge >= 0.3 is 0 Å². The molecule has 0 aliphatic carbocycles. The van der Waals surface area contributed by atoms with Crippen molar-refractivity contribution in [2.45, 2.75) is 203 Å². The predicted molar refractivity (Wildman–Crippen MR) is 310 cm³/mol. The number of carbonyl (C=O) groups is 6. The van der Waals surface area contributed by atoms with E-state index in [0.29, 0.717) is 50.2 Å². The van der Waals surface area contributed by atoms with Crippen LogP contribution in [0.15, 0.2) is 97.3 Å². The van der Waals surface area contributed by atoms with E-state index in [-0.39, 0.29) is 47.5 Å². The smallest absolute Gasteiger partial charge is 0.246 e. The number of nitrogens with zero attached hydrogens (tertiary/aromatic N) is 8. The number of nitrogens with one attached hydrogen (secondary N) is 6. The van der Waals surface area contributed by atoms with Crippen molar-refractivity contribution in [1.29, 1.82) is 0 Å². The fraction of sp³-hybridized carbons (Fsp3) is 0.548. The summed E-state index contributed by atoms with van der Waals surface area (Å²) < 4.78 is 3.68. The van der Waals surface area contributed by atoms with Crippen molar-refractivity contribution >= 4 is 35.4 Å². The molecular formula is C62H84N14O6. The lowest BCUT2D eigenvalue weighted by atomic mass is 9.98. The van der Waals surface area contributed by atoms with Gasteiger partial charge in [-0.2, -0.15) is 0 Å². The Morgan fingerprint density at radius 3 is 1.29 bits per heavy atom. The van der Waals surface area contributed by atoms with Gasteiger partial charge in [0.05, 0.1) is 36.6 Å². The number of unbranched alkanes of at least 4 members (excludes halogenated alkanes) is 2. The first-order chi connectivity index (χ1) is 39.9. The SMILES string of the molecule is CNC(C)C(=O)NC1CCCC[C@@H]2CCC(C(=O)NC(c3ccccc3)c3cn(CCCCc4ccc(CCCCn5cc(C(NC(=O)C6CC[C@H]7CCCCC(NC(=O)C(C)NC)C(=O)N67)c6ccccc6)nn5)cc4)nn3)N2C1=O. The summed E-state index contributed by atoms with van der Waals surface area (Å²) in [6, 6.07) is 23.5. The third-order valence-electron chi connectivity index (χ3n) is 17.3. The minimum Gasteiger partial charge on any atom is -0.343 e. The van der Waals surface area contributed by atoms with Gasteiger partial charge in [-0.3, -0.25) is 38.1 Å². The van der Waals surface area contributed by atoms with Gasteiger partial charge in [-0.25, -0.2) is 0 Å². The third kappa shape index (κ3) is 14.8. The highest BCUT2D eigenvalue weighted by molar-refractivity contribution is 5.95. The van der Waals surface area contributed by atoms with Crippen LogP contribution in [-0.4, -0.2) is 138 Å². The average molecular weight is 1120 g/mol. The molecule has 82 heavy (non-hydrogen) atoms. The molecule has 3 aromatic carbocycles. The van der Waals surface area contributed by atoms with Crippen LogP contribution in [0.4, 0.5) is 0 Å². The van der Waals surface area contributed by atoms with Crippen molar-refractivity contribution in [3.8, 4) is 0 Å². The zero-order valence-electron chi connectivity index (χ0n) is 48.2. The van der Waals surface area contributed by atoms with Crippen LogP contribution in [0, 0.1) is 0 Å². The molecule has 6 amide bonds. The lowest BCUT2D eigenvalue weighted by molar-refractivity contribution is -0.144. The Morgan fingerprint density at radius 2 is 0.902 bits per heavy atom. The molecule has 2 aromatic heterocycles. The molecule has 20 heteroatoms. The van der Waals surface area contributed by atoms with Crippen molar-refractivity contribution in [1.82, 2.24) is 71.7 Å². The van der Waals surface area contributed by atoms with Crippen LogP contribution >= 0.6 is 0 Å². The molecule has 6 N–H and O–H groups in total. The molecule has 10 atom stereocenters. The van der Waals surface area contributed by atoms with Gasteiger partial charge in [0.15, 0.2) is 0 Å². The number of hydrogen-bond donors (Lipinski definition) is 6. The molecule has 0 bridgehead atoms. The van der Waals surface area contributed by atoms with Gasteiger partial charge in [0.2, 0.25) is 35.4 Å². The quantitative estimate of drug-likeness (QED) is 0.0427. The molecule has 0 saturated carbocycles. The molecule has 4 aliphatic heterocycles. The Kier molecular flexibility index (Phi) is 20.7. The number of aromatic nitrogens is 6. The number of carbonyl (C=O) groups excluding carboxylic acids is 6. The molecule has 9 rings (SSSR count). The standard InChI is InChI=1S/C62H84N14O6/c1-41(63-3)57(77)65-49-27-13-11-25-47-33-35-53(75(47)61(49)81)59(79)67-55(45-21-7-5-8-22-45)51-39-73(71-69-51)37-17-15-19-43-29-31-44(32-30-43)20-16-18-38-74-40-52(70-72-74)56(46-23-9-6-10-24-46)68-60(80)54-36-34-48-26-12-14-28-50(62(82)76(48)54)66-58(78)42(2)64-4/h5-10,21-24,29-32,39-42,47-50,53-56,63-64H,11-20,25-28,33-38H2,1-4H3,(H,65,77)(H,66,78)(H,67,79)(H,68,80)/t41?,42?,47-,48-,49?,50?,53?,54?,55?,56?/m1/s1. The van der Waals surface area contributed by atoms with Gasteiger partial charge in [-0.15, -0.1) is 10.2 Å². The van der Waals surface area contributed by atoms with Crippen LogP contribution in [0.25, 0.3) is 0 Å².